The number of aromatic nitrogens is 1. The highest BCUT2D eigenvalue weighted by Gasteiger charge is 2.15. The van der Waals surface area contributed by atoms with Crippen molar-refractivity contribution in [2.75, 3.05) is 6.54 Å². The van der Waals surface area contributed by atoms with Gasteiger partial charge in [-0.25, -0.2) is 0 Å². The number of hydrogen-bond acceptors (Lipinski definition) is 1. The van der Waals surface area contributed by atoms with Crippen molar-refractivity contribution >= 4 is 16.8 Å². The molecule has 1 saturated carbocycles. The predicted octanol–water partition coefficient (Wildman–Crippen LogP) is 3.41. The standard InChI is InChI=1S/C17H22N2O/c20-17(19-11-13-5-1-2-6-13)10-9-14-12-18-16-8-4-3-7-15(14)16/h3-4,7-8,12-13,18H,1-2,5-6,9-11H2,(H,19,20). The predicted molar refractivity (Wildman–Crippen MR) is 81.6 cm³/mol. The molecular weight excluding hydrogens is 248 g/mol. The van der Waals surface area contributed by atoms with Gasteiger partial charge in [-0.05, 0) is 36.8 Å². The first-order valence-electron chi connectivity index (χ1n) is 7.64. The molecule has 1 aliphatic carbocycles. The summed E-state index contributed by atoms with van der Waals surface area (Å²) in [6, 6.07) is 8.24. The molecule has 3 rings (SSSR count). The number of benzene rings is 1. The first-order chi connectivity index (χ1) is 9.83. The van der Waals surface area contributed by atoms with Crippen molar-refractivity contribution in [3.63, 3.8) is 0 Å². The van der Waals surface area contributed by atoms with Gasteiger partial charge in [-0.2, -0.15) is 0 Å². The smallest absolute Gasteiger partial charge is 0.220 e. The van der Waals surface area contributed by atoms with E-state index in [4.69, 9.17) is 0 Å². The molecule has 1 amide bonds. The average Bonchev–Trinajstić information content (AvgIpc) is 3.12. The molecule has 1 aliphatic rings. The van der Waals surface area contributed by atoms with Gasteiger partial charge >= 0.3 is 0 Å². The van der Waals surface area contributed by atoms with E-state index in [1.165, 1.54) is 36.6 Å². The lowest BCUT2D eigenvalue weighted by molar-refractivity contribution is -0.121. The van der Waals surface area contributed by atoms with Crippen molar-refractivity contribution in [2.24, 2.45) is 5.92 Å². The number of amides is 1. The maximum absolute atomic E-state index is 11.9. The molecule has 1 heterocycles. The molecule has 1 aromatic heterocycles. The van der Waals surface area contributed by atoms with Crippen molar-refractivity contribution in [3.05, 3.63) is 36.0 Å². The summed E-state index contributed by atoms with van der Waals surface area (Å²) in [5.74, 6) is 0.897. The minimum absolute atomic E-state index is 0.183. The zero-order chi connectivity index (χ0) is 13.8. The number of para-hydroxylation sites is 1. The lowest BCUT2D eigenvalue weighted by Crippen LogP contribution is -2.28. The molecule has 1 aromatic carbocycles. The highest BCUT2D eigenvalue weighted by molar-refractivity contribution is 5.84. The number of carbonyl (C=O) groups is 1. The summed E-state index contributed by atoms with van der Waals surface area (Å²) in [4.78, 5) is 15.2. The molecule has 3 heteroatoms. The molecule has 1 fully saturated rings. The molecule has 0 radical (unpaired) electrons. The molecule has 0 aliphatic heterocycles. The van der Waals surface area contributed by atoms with E-state index < -0.39 is 0 Å². The quantitative estimate of drug-likeness (QED) is 0.859. The van der Waals surface area contributed by atoms with Gasteiger partial charge in [0.2, 0.25) is 5.91 Å². The number of H-pyrrole nitrogens is 1. The van der Waals surface area contributed by atoms with Crippen LogP contribution >= 0.6 is 0 Å². The number of nitrogens with one attached hydrogen (secondary N) is 2. The second-order valence-corrected chi connectivity index (χ2v) is 5.81. The van der Waals surface area contributed by atoms with E-state index in [-0.39, 0.29) is 5.91 Å². The maximum Gasteiger partial charge on any atom is 0.220 e. The molecule has 0 spiro atoms. The second-order valence-electron chi connectivity index (χ2n) is 5.81. The first-order valence-corrected chi connectivity index (χ1v) is 7.64. The molecule has 0 unspecified atom stereocenters. The van der Waals surface area contributed by atoms with Gasteiger partial charge in [0.25, 0.3) is 0 Å². The molecule has 20 heavy (non-hydrogen) atoms. The summed E-state index contributed by atoms with van der Waals surface area (Å²) in [6.07, 6.45) is 8.63. The van der Waals surface area contributed by atoms with E-state index >= 15 is 0 Å². The third-order valence-corrected chi connectivity index (χ3v) is 4.36. The van der Waals surface area contributed by atoms with Crippen molar-refractivity contribution in [1.29, 1.82) is 0 Å². The Morgan fingerprint density at radius 3 is 2.90 bits per heavy atom. The Morgan fingerprint density at radius 2 is 2.05 bits per heavy atom. The topological polar surface area (TPSA) is 44.9 Å². The zero-order valence-electron chi connectivity index (χ0n) is 11.8. The summed E-state index contributed by atoms with van der Waals surface area (Å²) in [5, 5.41) is 4.32. The fraction of sp³-hybridized carbons (Fsp3) is 0.471. The third kappa shape index (κ3) is 3.03. The van der Waals surface area contributed by atoms with Crippen molar-refractivity contribution in [1.82, 2.24) is 10.3 Å². The van der Waals surface area contributed by atoms with Gasteiger partial charge in [-0.15, -0.1) is 0 Å². The Bertz CT molecular complexity index is 581. The number of hydrogen-bond donors (Lipinski definition) is 2. The normalized spacial score (nSPS) is 15.8. The molecule has 2 aromatic rings. The van der Waals surface area contributed by atoms with Crippen LogP contribution in [0.1, 0.15) is 37.7 Å². The van der Waals surface area contributed by atoms with Crippen molar-refractivity contribution in [3.8, 4) is 0 Å². The summed E-state index contributed by atoms with van der Waals surface area (Å²) < 4.78 is 0. The van der Waals surface area contributed by atoms with Gasteiger partial charge in [-0.1, -0.05) is 31.0 Å². The average molecular weight is 270 g/mol. The van der Waals surface area contributed by atoms with Gasteiger partial charge in [0.15, 0.2) is 0 Å². The van der Waals surface area contributed by atoms with E-state index in [1.54, 1.807) is 0 Å². The summed E-state index contributed by atoms with van der Waals surface area (Å²) >= 11 is 0. The largest absolute Gasteiger partial charge is 0.361 e. The van der Waals surface area contributed by atoms with Gasteiger partial charge < -0.3 is 10.3 Å². The number of aryl methyl sites for hydroxylation is 1. The summed E-state index contributed by atoms with van der Waals surface area (Å²) in [6.45, 7) is 0.868. The SMILES string of the molecule is O=C(CCc1c[nH]c2ccccc12)NCC1CCCC1. The van der Waals surface area contributed by atoms with Crippen LogP contribution in [0.5, 0.6) is 0 Å². The Hall–Kier alpha value is -1.77. The van der Waals surface area contributed by atoms with Crippen LogP contribution in [0, 0.1) is 5.92 Å². The Kier molecular flexibility index (Phi) is 4.05. The minimum Gasteiger partial charge on any atom is -0.361 e. The highest BCUT2D eigenvalue weighted by atomic mass is 16.1. The second kappa shape index (κ2) is 6.12. The van der Waals surface area contributed by atoms with E-state index in [9.17, 15) is 4.79 Å². The fourth-order valence-electron chi connectivity index (χ4n) is 3.15. The van der Waals surface area contributed by atoms with Crippen molar-refractivity contribution in [2.45, 2.75) is 38.5 Å². The van der Waals surface area contributed by atoms with Gasteiger partial charge in [-0.3, -0.25) is 4.79 Å². The van der Waals surface area contributed by atoms with E-state index in [2.05, 4.69) is 22.4 Å². The minimum atomic E-state index is 0.183. The van der Waals surface area contributed by atoms with Gasteiger partial charge in [0.1, 0.15) is 0 Å². The number of carbonyl (C=O) groups excluding carboxylic acids is 1. The molecule has 106 valence electrons. The lowest BCUT2D eigenvalue weighted by Gasteiger charge is -2.10. The van der Waals surface area contributed by atoms with Crippen LogP contribution in [0.4, 0.5) is 0 Å². The Labute approximate surface area is 119 Å². The van der Waals surface area contributed by atoms with Crippen LogP contribution in [-0.4, -0.2) is 17.4 Å². The van der Waals surface area contributed by atoms with Crippen LogP contribution in [-0.2, 0) is 11.2 Å². The summed E-state index contributed by atoms with van der Waals surface area (Å²) in [7, 11) is 0. The first kappa shape index (κ1) is 13.2. The van der Waals surface area contributed by atoms with Crippen LogP contribution in [0.2, 0.25) is 0 Å². The molecule has 0 atom stereocenters. The van der Waals surface area contributed by atoms with E-state index in [0.717, 1.165) is 18.5 Å². The van der Waals surface area contributed by atoms with E-state index in [0.29, 0.717) is 12.3 Å². The zero-order valence-corrected chi connectivity index (χ0v) is 11.8. The molecular formula is C17H22N2O. The van der Waals surface area contributed by atoms with Crippen molar-refractivity contribution < 1.29 is 4.79 Å². The van der Waals surface area contributed by atoms with Crippen LogP contribution in [0.3, 0.4) is 0 Å². The van der Waals surface area contributed by atoms with Crippen LogP contribution < -0.4 is 5.32 Å². The molecule has 0 bridgehead atoms. The number of rotatable bonds is 5. The summed E-state index contributed by atoms with van der Waals surface area (Å²) in [5.41, 5.74) is 2.38. The van der Waals surface area contributed by atoms with Crippen LogP contribution in [0.25, 0.3) is 10.9 Å². The van der Waals surface area contributed by atoms with Gasteiger partial charge in [0.05, 0.1) is 0 Å². The third-order valence-electron chi connectivity index (χ3n) is 4.36. The van der Waals surface area contributed by atoms with E-state index in [1.807, 2.05) is 18.3 Å². The van der Waals surface area contributed by atoms with Crippen LogP contribution in [0.15, 0.2) is 30.5 Å². The molecule has 2 N–H and O–H groups in total. The highest BCUT2D eigenvalue weighted by Crippen LogP contribution is 2.23. The monoisotopic (exact) mass is 270 g/mol. The molecule has 0 saturated heterocycles. The molecule has 3 nitrogen and oxygen atoms in total. The number of fused-ring (bicyclic) bond motifs is 1. The lowest BCUT2D eigenvalue weighted by atomic mass is 10.1. The maximum atomic E-state index is 11.9. The fourth-order valence-corrected chi connectivity index (χ4v) is 3.15. The van der Waals surface area contributed by atoms with Gasteiger partial charge in [0, 0.05) is 30.1 Å². The Morgan fingerprint density at radius 1 is 1.25 bits per heavy atom. The number of aromatic amines is 1. The Balaban J connectivity index is 1.49.